The number of nitrogens with zero attached hydrogens (tertiary/aromatic N) is 1. The lowest BCUT2D eigenvalue weighted by Crippen LogP contribution is -2.42. The minimum atomic E-state index is -1.01. The summed E-state index contributed by atoms with van der Waals surface area (Å²) in [5.74, 6) is -2.23. The van der Waals surface area contributed by atoms with Crippen molar-refractivity contribution in [1.29, 1.82) is 0 Å². The monoisotopic (exact) mass is 672 g/mol. The highest BCUT2D eigenvalue weighted by Gasteiger charge is 2.42. The molecule has 1 heterocycles. The quantitative estimate of drug-likeness (QED) is 0.0972. The van der Waals surface area contributed by atoms with E-state index in [1.807, 2.05) is 0 Å². The molecule has 1 aromatic carbocycles. The fraction of sp³-hybridized carbons (Fsp3) is 0.625. The van der Waals surface area contributed by atoms with Crippen molar-refractivity contribution in [2.24, 2.45) is 5.73 Å². The lowest BCUT2D eigenvalue weighted by Gasteiger charge is -2.40. The number of hydrogen-bond acceptors (Lipinski definition) is 13. The molecule has 0 saturated carbocycles. The molecule has 3 unspecified atom stereocenters. The van der Waals surface area contributed by atoms with Crippen LogP contribution in [0.25, 0.3) is 0 Å². The van der Waals surface area contributed by atoms with Crippen LogP contribution in [-0.4, -0.2) is 131 Å². The predicted octanol–water partition coefficient (Wildman–Crippen LogP) is 1.52. The van der Waals surface area contributed by atoms with Gasteiger partial charge in [-0.25, -0.2) is 9.59 Å². The maximum Gasteiger partial charge on any atom is 0.336 e. The number of rotatable bonds is 23. The lowest BCUT2D eigenvalue weighted by atomic mass is 9.79. The van der Waals surface area contributed by atoms with Gasteiger partial charge in [-0.15, -0.1) is 0 Å². The van der Waals surface area contributed by atoms with Crippen molar-refractivity contribution >= 4 is 23.5 Å². The Morgan fingerprint density at radius 1 is 0.935 bits per heavy atom. The van der Waals surface area contributed by atoms with Gasteiger partial charge in [0.15, 0.2) is 0 Å². The van der Waals surface area contributed by atoms with Crippen LogP contribution in [0.2, 0.25) is 5.02 Å². The number of aliphatic hydroxyl groups excluding tert-OH is 3. The SMILES string of the molecule is CCOC(=O)C1=C(COCCN)N(CC(O)COCCCCOCC(O)COCCO)C(C)=C(C(=O)OC)C1c1ccccc1Cl. The number of allylic oxidation sites excluding steroid dienone is 1. The fourth-order valence-corrected chi connectivity index (χ4v) is 5.20. The lowest BCUT2D eigenvalue weighted by molar-refractivity contribution is -0.139. The standard InChI is InChI=1S/C32H49ClN2O11/c1-4-46-32(40)30-27(21-44-15-11-34)35(22(2)28(31(39)41-3)29(30)25-9-5-6-10-26(25)33)17-23(37)18-42-13-7-8-14-43-19-24(38)20-45-16-12-36/h5-6,9-10,23-24,29,36-38H,4,7-8,11-21,34H2,1-3H3. The molecule has 0 saturated heterocycles. The summed E-state index contributed by atoms with van der Waals surface area (Å²) in [6.45, 7) is 4.90. The fourth-order valence-electron chi connectivity index (χ4n) is 4.95. The van der Waals surface area contributed by atoms with Gasteiger partial charge in [-0.1, -0.05) is 29.8 Å². The molecule has 14 heteroatoms. The van der Waals surface area contributed by atoms with Crippen LogP contribution in [0.3, 0.4) is 0 Å². The minimum Gasteiger partial charge on any atom is -0.466 e. The number of esters is 2. The van der Waals surface area contributed by atoms with Gasteiger partial charge >= 0.3 is 11.9 Å². The summed E-state index contributed by atoms with van der Waals surface area (Å²) in [4.78, 5) is 28.6. The van der Waals surface area contributed by atoms with Gasteiger partial charge in [-0.3, -0.25) is 0 Å². The maximum absolute atomic E-state index is 13.6. The number of β-amino-alcohol motifs (C(OH)–C–C–N with tert-alkyl or cyclic N) is 1. The number of benzene rings is 1. The van der Waals surface area contributed by atoms with Crippen molar-refractivity contribution in [3.8, 4) is 0 Å². The van der Waals surface area contributed by atoms with Gasteiger partial charge in [0.25, 0.3) is 0 Å². The summed E-state index contributed by atoms with van der Waals surface area (Å²) in [6, 6.07) is 6.92. The zero-order chi connectivity index (χ0) is 33.9. The smallest absolute Gasteiger partial charge is 0.336 e. The van der Waals surface area contributed by atoms with E-state index in [2.05, 4.69) is 0 Å². The van der Waals surface area contributed by atoms with Crippen molar-refractivity contribution in [2.45, 2.75) is 44.8 Å². The number of carbonyl (C=O) groups is 2. The van der Waals surface area contributed by atoms with E-state index in [9.17, 15) is 19.8 Å². The Labute approximate surface area is 275 Å². The second-order valence-corrected chi connectivity index (χ2v) is 10.8. The Bertz CT molecular complexity index is 1150. The largest absolute Gasteiger partial charge is 0.466 e. The summed E-state index contributed by atoms with van der Waals surface area (Å²) in [5, 5.41) is 29.8. The molecule has 13 nitrogen and oxygen atoms in total. The molecule has 3 atom stereocenters. The molecule has 0 radical (unpaired) electrons. The number of aliphatic hydroxyl groups is 3. The van der Waals surface area contributed by atoms with Crippen LogP contribution in [0.1, 0.15) is 38.2 Å². The first-order valence-electron chi connectivity index (χ1n) is 15.4. The van der Waals surface area contributed by atoms with Crippen LogP contribution in [0, 0.1) is 0 Å². The number of hydrogen-bond donors (Lipinski definition) is 4. The number of nitrogens with two attached hydrogens (primary N) is 1. The Balaban J connectivity index is 2.21. The second-order valence-electron chi connectivity index (χ2n) is 10.4. The van der Waals surface area contributed by atoms with Gasteiger partial charge in [-0.05, 0) is 38.3 Å². The van der Waals surface area contributed by atoms with Crippen molar-refractivity contribution in [3.05, 3.63) is 57.4 Å². The zero-order valence-corrected chi connectivity index (χ0v) is 27.7. The van der Waals surface area contributed by atoms with Gasteiger partial charge in [0.1, 0.15) is 6.10 Å². The average Bonchev–Trinajstić information content (AvgIpc) is 3.03. The molecular formula is C32H49ClN2O11. The number of halogens is 1. The number of ether oxygens (including phenoxy) is 6. The molecule has 0 spiro atoms. The molecule has 2 rings (SSSR count). The predicted molar refractivity (Wildman–Crippen MR) is 170 cm³/mol. The maximum atomic E-state index is 13.6. The highest BCUT2D eigenvalue weighted by atomic mass is 35.5. The van der Waals surface area contributed by atoms with Crippen LogP contribution in [0.15, 0.2) is 46.8 Å². The van der Waals surface area contributed by atoms with Crippen LogP contribution in [-0.2, 0) is 38.0 Å². The summed E-state index contributed by atoms with van der Waals surface area (Å²) < 4.78 is 32.6. The van der Waals surface area contributed by atoms with Crippen molar-refractivity contribution in [2.75, 3.05) is 86.3 Å². The van der Waals surface area contributed by atoms with E-state index < -0.39 is 30.1 Å². The van der Waals surface area contributed by atoms with Crippen molar-refractivity contribution in [1.82, 2.24) is 4.90 Å². The first kappa shape index (κ1) is 39.6. The normalized spacial score (nSPS) is 16.5. The van der Waals surface area contributed by atoms with E-state index in [-0.39, 0.29) is 77.1 Å². The summed E-state index contributed by atoms with van der Waals surface area (Å²) >= 11 is 6.61. The number of carbonyl (C=O) groups excluding carboxylic acids is 2. The van der Waals surface area contributed by atoms with Gasteiger partial charge in [0.2, 0.25) is 0 Å². The van der Waals surface area contributed by atoms with Crippen molar-refractivity contribution in [3.63, 3.8) is 0 Å². The molecule has 1 aromatic rings. The molecule has 0 aromatic heterocycles. The van der Waals surface area contributed by atoms with E-state index in [0.717, 1.165) is 0 Å². The third-order valence-electron chi connectivity index (χ3n) is 7.01. The summed E-state index contributed by atoms with van der Waals surface area (Å²) in [6.07, 6.45) is -0.448. The third kappa shape index (κ3) is 12.2. The number of methoxy groups -OCH3 is 1. The summed E-state index contributed by atoms with van der Waals surface area (Å²) in [7, 11) is 1.26. The molecular weight excluding hydrogens is 624 g/mol. The van der Waals surface area contributed by atoms with E-state index in [1.165, 1.54) is 7.11 Å². The second kappa shape index (κ2) is 22.1. The first-order valence-corrected chi connectivity index (χ1v) is 15.8. The van der Waals surface area contributed by atoms with Gasteiger partial charge < -0.3 is 54.4 Å². The van der Waals surface area contributed by atoms with E-state index in [1.54, 1.807) is 43.0 Å². The number of unbranched alkanes of at least 4 members (excludes halogenated alkanes) is 1. The minimum absolute atomic E-state index is 0.0152. The van der Waals surface area contributed by atoms with Crippen LogP contribution < -0.4 is 5.73 Å². The molecule has 0 fully saturated rings. The Morgan fingerprint density at radius 3 is 2.15 bits per heavy atom. The molecule has 1 aliphatic heterocycles. The molecule has 46 heavy (non-hydrogen) atoms. The van der Waals surface area contributed by atoms with Gasteiger partial charge in [0.05, 0.1) is 95.4 Å². The van der Waals surface area contributed by atoms with Gasteiger partial charge in [-0.2, -0.15) is 0 Å². The van der Waals surface area contributed by atoms with E-state index in [0.29, 0.717) is 48.0 Å². The first-order chi connectivity index (χ1) is 22.2. The van der Waals surface area contributed by atoms with Crippen LogP contribution in [0.4, 0.5) is 0 Å². The Kier molecular flexibility index (Phi) is 19.0. The molecule has 0 aliphatic carbocycles. The highest BCUT2D eigenvalue weighted by molar-refractivity contribution is 6.31. The van der Waals surface area contributed by atoms with Crippen molar-refractivity contribution < 1.29 is 53.3 Å². The highest BCUT2D eigenvalue weighted by Crippen LogP contribution is 2.45. The summed E-state index contributed by atoms with van der Waals surface area (Å²) in [5.41, 5.74) is 7.37. The zero-order valence-electron chi connectivity index (χ0n) is 27.0. The Morgan fingerprint density at radius 2 is 1.57 bits per heavy atom. The molecule has 0 bridgehead atoms. The average molecular weight is 673 g/mol. The molecule has 260 valence electrons. The molecule has 1 aliphatic rings. The Hall–Kier alpha value is -2.59. The van der Waals surface area contributed by atoms with Gasteiger partial charge in [0, 0.05) is 30.5 Å². The third-order valence-corrected chi connectivity index (χ3v) is 7.36. The molecule has 0 amide bonds. The topological polar surface area (TPSA) is 179 Å². The molecule has 5 N–H and O–H groups in total. The van der Waals surface area contributed by atoms with E-state index in [4.69, 9.17) is 50.9 Å². The van der Waals surface area contributed by atoms with Crippen LogP contribution >= 0.6 is 11.6 Å². The van der Waals surface area contributed by atoms with Crippen LogP contribution in [0.5, 0.6) is 0 Å². The van der Waals surface area contributed by atoms with E-state index >= 15 is 0 Å².